The van der Waals surface area contributed by atoms with Gasteiger partial charge in [-0.15, -0.1) is 0 Å². The average molecular weight is 558 g/mol. The number of H-pyrrole nitrogens is 1. The van der Waals surface area contributed by atoms with Crippen LogP contribution in [0.2, 0.25) is 0 Å². The van der Waals surface area contributed by atoms with Crippen LogP contribution in [0.5, 0.6) is 0 Å². The van der Waals surface area contributed by atoms with Crippen LogP contribution in [0.1, 0.15) is 63.4 Å². The third-order valence-electron chi connectivity index (χ3n) is 7.58. The molecule has 220 valence electrons. The number of likely N-dealkylation sites (tertiary alicyclic amines) is 1. The maximum Gasteiger partial charge on any atom is 0.267 e. The molecule has 0 saturated carbocycles. The van der Waals surface area contributed by atoms with E-state index in [2.05, 4.69) is 54.7 Å². The van der Waals surface area contributed by atoms with Crippen molar-refractivity contribution < 1.29 is 4.79 Å². The number of nitrogens with one attached hydrogen (secondary N) is 3. The predicted molar refractivity (Wildman–Crippen MR) is 172 cm³/mol. The highest BCUT2D eigenvalue weighted by Crippen LogP contribution is 2.30. The SMILES string of the molecule is CC.CC(CCN(C)C)NC(=O)c1cc2ccc(-c3cc(NCCCN4CCCCC4)c4cnccc4n3)cc2[nH]1. The monoisotopic (exact) mass is 557 g/mol. The molecule has 0 bridgehead atoms. The van der Waals surface area contributed by atoms with Crippen LogP contribution >= 0.6 is 0 Å². The highest BCUT2D eigenvalue weighted by molar-refractivity contribution is 5.99. The molecule has 1 fully saturated rings. The van der Waals surface area contributed by atoms with Crippen molar-refractivity contribution in [3.63, 3.8) is 0 Å². The van der Waals surface area contributed by atoms with Crippen molar-refractivity contribution in [1.29, 1.82) is 0 Å². The van der Waals surface area contributed by atoms with Crippen LogP contribution in [0.3, 0.4) is 0 Å². The Labute approximate surface area is 244 Å². The lowest BCUT2D eigenvalue weighted by atomic mass is 10.1. The fourth-order valence-electron chi connectivity index (χ4n) is 5.31. The first kappa shape index (κ1) is 30.5. The molecule has 1 saturated heterocycles. The number of hydrogen-bond acceptors (Lipinski definition) is 6. The Bertz CT molecular complexity index is 1410. The third-order valence-corrected chi connectivity index (χ3v) is 7.58. The zero-order valence-electron chi connectivity index (χ0n) is 25.5. The Morgan fingerprint density at radius 3 is 2.68 bits per heavy atom. The Balaban J connectivity index is 0.00000189. The van der Waals surface area contributed by atoms with Gasteiger partial charge in [0, 0.05) is 52.5 Å². The number of hydrogen-bond donors (Lipinski definition) is 3. The summed E-state index contributed by atoms with van der Waals surface area (Å²) in [6.45, 7) is 11.5. The summed E-state index contributed by atoms with van der Waals surface area (Å²) >= 11 is 0. The number of piperidine rings is 1. The quantitative estimate of drug-likeness (QED) is 0.191. The minimum Gasteiger partial charge on any atom is -0.384 e. The maximum absolute atomic E-state index is 12.9. The molecule has 4 heterocycles. The zero-order chi connectivity index (χ0) is 29.2. The fourth-order valence-corrected chi connectivity index (χ4v) is 5.31. The van der Waals surface area contributed by atoms with Crippen molar-refractivity contribution in [2.75, 3.05) is 52.1 Å². The first-order valence-corrected chi connectivity index (χ1v) is 15.3. The van der Waals surface area contributed by atoms with Gasteiger partial charge in [0.15, 0.2) is 0 Å². The lowest BCUT2D eigenvalue weighted by molar-refractivity contribution is 0.0932. The maximum atomic E-state index is 12.9. The minimum atomic E-state index is -0.0774. The van der Waals surface area contributed by atoms with Gasteiger partial charge in [0.2, 0.25) is 0 Å². The highest BCUT2D eigenvalue weighted by Gasteiger charge is 2.15. The number of carbonyl (C=O) groups is 1. The lowest BCUT2D eigenvalue weighted by Gasteiger charge is -2.26. The topological polar surface area (TPSA) is 89.2 Å². The summed E-state index contributed by atoms with van der Waals surface area (Å²) in [5.41, 5.74) is 5.37. The Morgan fingerprint density at radius 1 is 1.10 bits per heavy atom. The molecule has 8 heteroatoms. The normalized spacial score (nSPS) is 14.6. The van der Waals surface area contributed by atoms with Crippen LogP contribution in [0.4, 0.5) is 5.69 Å². The smallest absolute Gasteiger partial charge is 0.267 e. The Hall–Kier alpha value is -3.49. The summed E-state index contributed by atoms with van der Waals surface area (Å²) in [4.78, 5) is 30.2. The number of benzene rings is 1. The molecule has 4 aromatic rings. The molecule has 1 unspecified atom stereocenters. The molecule has 1 amide bonds. The van der Waals surface area contributed by atoms with E-state index in [0.29, 0.717) is 5.69 Å². The number of pyridine rings is 2. The van der Waals surface area contributed by atoms with E-state index in [0.717, 1.165) is 71.2 Å². The molecule has 1 atom stereocenters. The van der Waals surface area contributed by atoms with Crippen LogP contribution in [-0.2, 0) is 0 Å². The van der Waals surface area contributed by atoms with E-state index in [1.165, 1.54) is 32.4 Å². The molecule has 0 radical (unpaired) electrons. The molecule has 8 nitrogen and oxygen atoms in total. The van der Waals surface area contributed by atoms with E-state index in [1.54, 1.807) is 6.20 Å². The van der Waals surface area contributed by atoms with Gasteiger partial charge in [-0.3, -0.25) is 9.78 Å². The summed E-state index contributed by atoms with van der Waals surface area (Å²) in [5, 5.41) is 8.80. The molecule has 3 aromatic heterocycles. The van der Waals surface area contributed by atoms with Crippen molar-refractivity contribution in [2.45, 2.75) is 58.9 Å². The van der Waals surface area contributed by atoms with Crippen LogP contribution < -0.4 is 10.6 Å². The average Bonchev–Trinajstić information content (AvgIpc) is 3.43. The van der Waals surface area contributed by atoms with Gasteiger partial charge in [0.25, 0.3) is 5.91 Å². The molecule has 1 aliphatic heterocycles. The fraction of sp³-hybridized carbons (Fsp3) is 0.485. The molecule has 1 aromatic carbocycles. The number of nitrogens with zero attached hydrogens (tertiary/aromatic N) is 4. The van der Waals surface area contributed by atoms with Crippen LogP contribution in [0, 0.1) is 0 Å². The van der Waals surface area contributed by atoms with Gasteiger partial charge in [-0.05, 0) is 97.1 Å². The van der Waals surface area contributed by atoms with E-state index in [1.807, 2.05) is 53.2 Å². The minimum absolute atomic E-state index is 0.0774. The molecular weight excluding hydrogens is 510 g/mol. The number of rotatable bonds is 11. The number of amides is 1. The molecule has 5 rings (SSSR count). The molecular formula is C33H47N7O. The molecule has 0 aliphatic carbocycles. The second-order valence-electron chi connectivity index (χ2n) is 11.1. The summed E-state index contributed by atoms with van der Waals surface area (Å²) in [6.07, 6.45) is 9.70. The number of fused-ring (bicyclic) bond motifs is 2. The zero-order valence-corrected chi connectivity index (χ0v) is 25.5. The van der Waals surface area contributed by atoms with Crippen molar-refractivity contribution in [3.8, 4) is 11.3 Å². The van der Waals surface area contributed by atoms with E-state index < -0.39 is 0 Å². The van der Waals surface area contributed by atoms with Crippen molar-refractivity contribution in [2.24, 2.45) is 0 Å². The van der Waals surface area contributed by atoms with Crippen LogP contribution in [0.15, 0.2) is 48.8 Å². The van der Waals surface area contributed by atoms with Crippen molar-refractivity contribution in [1.82, 2.24) is 30.1 Å². The highest BCUT2D eigenvalue weighted by atomic mass is 16.1. The largest absolute Gasteiger partial charge is 0.384 e. The lowest BCUT2D eigenvalue weighted by Crippen LogP contribution is -2.34. The number of carbonyl (C=O) groups excluding carboxylic acids is 1. The van der Waals surface area contributed by atoms with E-state index >= 15 is 0 Å². The predicted octanol–water partition coefficient (Wildman–Crippen LogP) is 6.16. The first-order valence-electron chi connectivity index (χ1n) is 15.3. The Kier molecular flexibility index (Phi) is 11.1. The number of anilines is 1. The molecule has 3 N–H and O–H groups in total. The number of aromatic amines is 1. The van der Waals surface area contributed by atoms with Gasteiger partial charge in [0.1, 0.15) is 5.69 Å². The van der Waals surface area contributed by atoms with Gasteiger partial charge in [-0.2, -0.15) is 0 Å². The van der Waals surface area contributed by atoms with Gasteiger partial charge in [-0.1, -0.05) is 32.4 Å². The van der Waals surface area contributed by atoms with Crippen LogP contribution in [0.25, 0.3) is 33.1 Å². The number of aromatic nitrogens is 3. The van der Waals surface area contributed by atoms with E-state index in [4.69, 9.17) is 4.98 Å². The van der Waals surface area contributed by atoms with E-state index in [9.17, 15) is 4.79 Å². The molecule has 41 heavy (non-hydrogen) atoms. The third kappa shape index (κ3) is 8.27. The van der Waals surface area contributed by atoms with E-state index in [-0.39, 0.29) is 11.9 Å². The second-order valence-corrected chi connectivity index (χ2v) is 11.1. The second kappa shape index (κ2) is 14.9. The molecule has 1 aliphatic rings. The molecule has 0 spiro atoms. The Morgan fingerprint density at radius 2 is 1.90 bits per heavy atom. The van der Waals surface area contributed by atoms with Crippen LogP contribution in [-0.4, -0.2) is 83.5 Å². The summed E-state index contributed by atoms with van der Waals surface area (Å²) < 4.78 is 0. The van der Waals surface area contributed by atoms with Gasteiger partial charge < -0.3 is 25.4 Å². The summed E-state index contributed by atoms with van der Waals surface area (Å²) in [7, 11) is 4.08. The standard InChI is InChI=1S/C31H41N7O.C2H6/c1-22(11-17-37(2)3)34-31(39)30-19-24-9-8-23(18-27(24)36-30)28-20-29(25-21-32-13-10-26(25)35-28)33-12-7-16-38-14-5-4-6-15-38;1-2/h8-10,13,18-22,36H,4-7,11-12,14-17H2,1-3H3,(H,33,35)(H,34,39);1-2H3. The van der Waals surface area contributed by atoms with Crippen molar-refractivity contribution in [3.05, 3.63) is 54.5 Å². The first-order chi connectivity index (χ1) is 20.0. The van der Waals surface area contributed by atoms with Crippen molar-refractivity contribution >= 4 is 33.4 Å². The van der Waals surface area contributed by atoms with Gasteiger partial charge in [-0.25, -0.2) is 4.98 Å². The summed E-state index contributed by atoms with van der Waals surface area (Å²) in [6, 6.07) is 12.3. The van der Waals surface area contributed by atoms with Gasteiger partial charge >= 0.3 is 0 Å². The van der Waals surface area contributed by atoms with Gasteiger partial charge in [0.05, 0.1) is 11.2 Å². The summed E-state index contributed by atoms with van der Waals surface area (Å²) in [5.74, 6) is -0.0774.